The first-order valence-corrected chi connectivity index (χ1v) is 6.98. The molecule has 0 bridgehead atoms. The van der Waals surface area contributed by atoms with E-state index in [0.29, 0.717) is 5.03 Å². The number of carbonyl (C=O) groups is 1. The Balaban J connectivity index is 2.24. The van der Waals surface area contributed by atoms with E-state index in [2.05, 4.69) is 18.7 Å². The van der Waals surface area contributed by atoms with E-state index in [1.54, 1.807) is 0 Å². The van der Waals surface area contributed by atoms with E-state index in [9.17, 15) is 4.79 Å². The maximum absolute atomic E-state index is 12.3. The molecule has 0 fully saturated rings. The van der Waals surface area contributed by atoms with Crippen LogP contribution in [0.4, 0.5) is 0 Å². The first-order chi connectivity index (χ1) is 8.61. The molecule has 3 atom stereocenters. The SMILES string of the molecule is C=C[C@H]1C=C(Cl)[C@]23C=CCC[C@H]2C(=O)C(Cl)=C3C1. The molecule has 0 heterocycles. The van der Waals surface area contributed by atoms with Gasteiger partial charge in [0.2, 0.25) is 0 Å². The topological polar surface area (TPSA) is 17.1 Å². The summed E-state index contributed by atoms with van der Waals surface area (Å²) >= 11 is 12.8. The molecule has 0 N–H and O–H groups in total. The standard InChI is InChI=1S/C15H14Cl2O/c1-2-9-7-11-13(17)14(18)10-5-3-4-6-15(10,11)12(16)8-9/h2,4,6,8-10H,1,3,5,7H2/t9-,10+,15-/m1/s1. The zero-order valence-corrected chi connectivity index (χ0v) is 11.5. The Morgan fingerprint density at radius 1 is 1.44 bits per heavy atom. The van der Waals surface area contributed by atoms with Crippen LogP contribution in [0.5, 0.6) is 0 Å². The Morgan fingerprint density at radius 3 is 2.94 bits per heavy atom. The van der Waals surface area contributed by atoms with Gasteiger partial charge in [0.15, 0.2) is 5.78 Å². The van der Waals surface area contributed by atoms with Crippen molar-refractivity contribution in [1.29, 1.82) is 0 Å². The number of halogens is 2. The molecule has 94 valence electrons. The lowest BCUT2D eigenvalue weighted by Gasteiger charge is -2.40. The van der Waals surface area contributed by atoms with Crippen molar-refractivity contribution < 1.29 is 4.79 Å². The van der Waals surface area contributed by atoms with Crippen molar-refractivity contribution >= 4 is 29.0 Å². The zero-order valence-electron chi connectivity index (χ0n) is 9.96. The van der Waals surface area contributed by atoms with Crippen LogP contribution in [0.1, 0.15) is 19.3 Å². The Kier molecular flexibility index (Phi) is 2.80. The molecule has 0 radical (unpaired) electrons. The van der Waals surface area contributed by atoms with Gasteiger partial charge in [-0.1, -0.05) is 47.5 Å². The number of ketones is 1. The minimum absolute atomic E-state index is 0.0623. The fraction of sp³-hybridized carbons (Fsp3) is 0.400. The lowest BCUT2D eigenvalue weighted by molar-refractivity contribution is -0.119. The first-order valence-electron chi connectivity index (χ1n) is 6.22. The van der Waals surface area contributed by atoms with Crippen LogP contribution in [0.3, 0.4) is 0 Å². The Morgan fingerprint density at radius 2 is 2.22 bits per heavy atom. The number of Topliss-reactive ketones (excluding diaryl/α,β-unsaturated/α-hetero) is 1. The van der Waals surface area contributed by atoms with Crippen LogP contribution in [0.15, 0.2) is 46.5 Å². The highest BCUT2D eigenvalue weighted by molar-refractivity contribution is 6.45. The Bertz CT molecular complexity index is 527. The van der Waals surface area contributed by atoms with Gasteiger partial charge in [0.25, 0.3) is 0 Å². The molecule has 0 saturated carbocycles. The third-order valence-corrected chi connectivity index (χ3v) is 5.20. The molecule has 0 saturated heterocycles. The highest BCUT2D eigenvalue weighted by atomic mass is 35.5. The average Bonchev–Trinajstić information content (AvgIpc) is 2.61. The summed E-state index contributed by atoms with van der Waals surface area (Å²) in [7, 11) is 0. The van der Waals surface area contributed by atoms with Crippen molar-refractivity contribution in [2.75, 3.05) is 0 Å². The summed E-state index contributed by atoms with van der Waals surface area (Å²) in [6.45, 7) is 3.81. The molecule has 1 nitrogen and oxygen atoms in total. The third-order valence-electron chi connectivity index (χ3n) is 4.35. The highest BCUT2D eigenvalue weighted by Crippen LogP contribution is 2.60. The lowest BCUT2D eigenvalue weighted by atomic mass is 9.64. The summed E-state index contributed by atoms with van der Waals surface area (Å²) in [5, 5.41) is 1.14. The summed E-state index contributed by atoms with van der Waals surface area (Å²) in [4.78, 5) is 12.3. The van der Waals surface area contributed by atoms with Crippen LogP contribution in [-0.2, 0) is 4.79 Å². The van der Waals surface area contributed by atoms with E-state index in [4.69, 9.17) is 23.2 Å². The number of allylic oxidation sites excluding steroid dienone is 7. The van der Waals surface area contributed by atoms with Crippen molar-refractivity contribution in [3.8, 4) is 0 Å². The van der Waals surface area contributed by atoms with Crippen molar-refractivity contribution in [3.63, 3.8) is 0 Å². The minimum atomic E-state index is -0.437. The molecular formula is C15H14Cl2O. The van der Waals surface area contributed by atoms with Gasteiger partial charge in [0.05, 0.1) is 10.4 Å². The van der Waals surface area contributed by atoms with Gasteiger partial charge in [0, 0.05) is 11.0 Å². The second kappa shape index (κ2) is 4.11. The number of carbonyl (C=O) groups excluding carboxylic acids is 1. The molecule has 3 aliphatic carbocycles. The van der Waals surface area contributed by atoms with Crippen molar-refractivity contribution in [3.05, 3.63) is 46.5 Å². The van der Waals surface area contributed by atoms with Crippen LogP contribution in [0.25, 0.3) is 0 Å². The van der Waals surface area contributed by atoms with Gasteiger partial charge in [-0.3, -0.25) is 4.79 Å². The van der Waals surface area contributed by atoms with E-state index in [0.717, 1.165) is 29.9 Å². The summed E-state index contributed by atoms with van der Waals surface area (Å²) in [5.41, 5.74) is 0.556. The molecule has 0 aromatic heterocycles. The van der Waals surface area contributed by atoms with Crippen molar-refractivity contribution in [1.82, 2.24) is 0 Å². The predicted octanol–water partition coefficient (Wildman–Crippen LogP) is 4.34. The van der Waals surface area contributed by atoms with E-state index in [1.807, 2.05) is 12.2 Å². The molecule has 18 heavy (non-hydrogen) atoms. The summed E-state index contributed by atoms with van der Waals surface area (Å²) < 4.78 is 0. The van der Waals surface area contributed by atoms with Gasteiger partial charge in [-0.25, -0.2) is 0 Å². The monoisotopic (exact) mass is 280 g/mol. The largest absolute Gasteiger partial charge is 0.293 e. The number of hydrogen-bond donors (Lipinski definition) is 0. The van der Waals surface area contributed by atoms with Crippen LogP contribution in [-0.4, -0.2) is 5.78 Å². The maximum atomic E-state index is 12.3. The highest BCUT2D eigenvalue weighted by Gasteiger charge is 2.55. The molecule has 3 aliphatic rings. The molecular weight excluding hydrogens is 267 g/mol. The molecule has 0 aliphatic heterocycles. The van der Waals surface area contributed by atoms with Gasteiger partial charge in [-0.15, -0.1) is 6.58 Å². The van der Waals surface area contributed by atoms with Gasteiger partial charge < -0.3 is 0 Å². The second-order valence-corrected chi connectivity index (χ2v) is 5.96. The molecule has 0 aromatic carbocycles. The van der Waals surface area contributed by atoms with Crippen molar-refractivity contribution in [2.45, 2.75) is 19.3 Å². The van der Waals surface area contributed by atoms with Gasteiger partial charge in [-0.2, -0.15) is 0 Å². The summed E-state index contributed by atoms with van der Waals surface area (Å²) in [5.74, 6) is 0.139. The predicted molar refractivity (Wildman–Crippen MR) is 74.4 cm³/mol. The number of hydrogen-bond acceptors (Lipinski definition) is 1. The van der Waals surface area contributed by atoms with E-state index in [-0.39, 0.29) is 17.6 Å². The quantitative estimate of drug-likeness (QED) is 0.653. The lowest BCUT2D eigenvalue weighted by Crippen LogP contribution is -2.35. The zero-order chi connectivity index (χ0) is 12.9. The van der Waals surface area contributed by atoms with E-state index >= 15 is 0 Å². The maximum Gasteiger partial charge on any atom is 0.178 e. The smallest absolute Gasteiger partial charge is 0.178 e. The third kappa shape index (κ3) is 1.38. The van der Waals surface area contributed by atoms with Gasteiger partial charge in [-0.05, 0) is 30.8 Å². The van der Waals surface area contributed by atoms with Crippen LogP contribution in [0, 0.1) is 17.3 Å². The number of rotatable bonds is 1. The Hall–Kier alpha value is -0.790. The fourth-order valence-electron chi connectivity index (χ4n) is 3.43. The van der Waals surface area contributed by atoms with E-state index in [1.165, 1.54) is 0 Å². The first kappa shape index (κ1) is 12.3. The molecule has 3 heteroatoms. The molecule has 0 aromatic rings. The molecule has 0 unspecified atom stereocenters. The fourth-order valence-corrected chi connectivity index (χ4v) is 4.26. The van der Waals surface area contributed by atoms with Crippen LogP contribution in [0.2, 0.25) is 0 Å². The summed E-state index contributed by atoms with van der Waals surface area (Å²) in [6.07, 6.45) is 10.6. The second-order valence-electron chi connectivity index (χ2n) is 5.18. The Labute approximate surface area is 117 Å². The van der Waals surface area contributed by atoms with E-state index < -0.39 is 5.41 Å². The van der Waals surface area contributed by atoms with Crippen molar-refractivity contribution in [2.24, 2.45) is 17.3 Å². The summed E-state index contributed by atoms with van der Waals surface area (Å²) in [6, 6.07) is 0. The minimum Gasteiger partial charge on any atom is -0.293 e. The molecule has 1 spiro atoms. The molecule has 3 rings (SSSR count). The van der Waals surface area contributed by atoms with Crippen LogP contribution >= 0.6 is 23.2 Å². The van der Waals surface area contributed by atoms with Crippen LogP contribution < -0.4 is 0 Å². The normalized spacial score (nSPS) is 38.3. The average molecular weight is 281 g/mol. The van der Waals surface area contributed by atoms with Gasteiger partial charge in [0.1, 0.15) is 0 Å². The van der Waals surface area contributed by atoms with Gasteiger partial charge >= 0.3 is 0 Å². The molecule has 0 amide bonds.